The van der Waals surface area contributed by atoms with Crippen molar-refractivity contribution in [1.29, 1.82) is 0 Å². The van der Waals surface area contributed by atoms with Crippen molar-refractivity contribution in [3.8, 4) is 11.5 Å². The molecular weight excluding hydrogens is 579 g/mol. The first-order valence-corrected chi connectivity index (χ1v) is 15.7. The Hall–Kier alpha value is -3.41. The van der Waals surface area contributed by atoms with Gasteiger partial charge in [-0.15, -0.1) is 0 Å². The van der Waals surface area contributed by atoms with Crippen molar-refractivity contribution in [1.82, 2.24) is 4.72 Å². The van der Waals surface area contributed by atoms with Gasteiger partial charge >= 0.3 is 13.6 Å². The maximum Gasteiger partial charge on any atom is 0.335 e. The second-order valence-electron chi connectivity index (χ2n) is 8.77. The first-order chi connectivity index (χ1) is 19.4. The van der Waals surface area contributed by atoms with Crippen molar-refractivity contribution in [2.24, 2.45) is 0 Å². The molecule has 220 valence electrons. The lowest BCUT2D eigenvalue weighted by atomic mass is 10.1. The maximum absolute atomic E-state index is 14.5. The van der Waals surface area contributed by atoms with Crippen LogP contribution in [-0.4, -0.2) is 32.7 Å². The highest BCUT2D eigenvalue weighted by Gasteiger charge is 2.24. The van der Waals surface area contributed by atoms with E-state index in [1.54, 1.807) is 38.1 Å². The van der Waals surface area contributed by atoms with Crippen LogP contribution in [0.15, 0.2) is 71.1 Å². The summed E-state index contributed by atoms with van der Waals surface area (Å²) < 4.78 is 85.6. The smallest absolute Gasteiger partial charge is 0.335 e. The zero-order chi connectivity index (χ0) is 30.2. The van der Waals surface area contributed by atoms with Gasteiger partial charge in [-0.2, -0.15) is 0 Å². The lowest BCUT2D eigenvalue weighted by Gasteiger charge is -2.17. The fourth-order valence-corrected chi connectivity index (χ4v) is 6.37. The molecule has 0 aromatic heterocycles. The van der Waals surface area contributed by atoms with E-state index < -0.39 is 41.0 Å². The van der Waals surface area contributed by atoms with Crippen LogP contribution in [0, 0.1) is 11.6 Å². The number of aliphatic carboxylic acids is 1. The van der Waals surface area contributed by atoms with Crippen molar-refractivity contribution in [2.45, 2.75) is 38.4 Å². The summed E-state index contributed by atoms with van der Waals surface area (Å²) in [6, 6.07) is 13.6. The van der Waals surface area contributed by atoms with Gasteiger partial charge in [0.05, 0.1) is 24.3 Å². The Bertz CT molecular complexity index is 1530. The number of hydrogen-bond acceptors (Lipinski definition) is 7. The first kappa shape index (κ1) is 32.1. The molecule has 13 heteroatoms. The molecule has 2 N–H and O–H groups in total. The number of ether oxygens (including phenoxy) is 1. The Morgan fingerprint density at radius 2 is 1.49 bits per heavy atom. The molecule has 0 spiro atoms. The molecule has 0 saturated carbocycles. The van der Waals surface area contributed by atoms with Gasteiger partial charge in [0.2, 0.25) is 10.0 Å². The molecule has 3 aromatic carbocycles. The van der Waals surface area contributed by atoms with Gasteiger partial charge in [0, 0.05) is 12.1 Å². The van der Waals surface area contributed by atoms with Crippen molar-refractivity contribution >= 4 is 29.7 Å². The van der Waals surface area contributed by atoms with E-state index in [-0.39, 0.29) is 47.7 Å². The number of benzene rings is 3. The molecule has 0 aliphatic carbocycles. The molecule has 3 rings (SSSR count). The number of sulfonamides is 1. The summed E-state index contributed by atoms with van der Waals surface area (Å²) in [5.74, 6) is -4.07. The third-order valence-electron chi connectivity index (χ3n) is 5.61. The van der Waals surface area contributed by atoms with E-state index in [9.17, 15) is 26.6 Å². The minimum Gasteiger partial charge on any atom is -0.478 e. The van der Waals surface area contributed by atoms with Crippen LogP contribution in [0.25, 0.3) is 6.08 Å². The third-order valence-corrected chi connectivity index (χ3v) is 9.08. The minimum atomic E-state index is -3.93. The molecule has 0 unspecified atom stereocenters. The van der Waals surface area contributed by atoms with Crippen LogP contribution in [0.5, 0.6) is 11.5 Å². The molecule has 0 atom stereocenters. The van der Waals surface area contributed by atoms with E-state index >= 15 is 0 Å². The van der Waals surface area contributed by atoms with Gasteiger partial charge in [-0.25, -0.2) is 26.7 Å². The number of nitrogens with one attached hydrogen (secondary N) is 1. The molecule has 0 fully saturated rings. The molecule has 0 amide bonds. The van der Waals surface area contributed by atoms with Crippen LogP contribution < -0.4 is 9.46 Å². The average molecular weight is 610 g/mol. The van der Waals surface area contributed by atoms with E-state index in [0.717, 1.165) is 18.2 Å². The Kier molecular flexibility index (Phi) is 10.9. The van der Waals surface area contributed by atoms with Crippen LogP contribution >= 0.6 is 7.60 Å². The number of carbonyl (C=O) groups is 1. The Morgan fingerprint density at radius 3 is 2.00 bits per heavy atom. The van der Waals surface area contributed by atoms with Crippen LogP contribution in [0.1, 0.15) is 37.5 Å². The summed E-state index contributed by atoms with van der Waals surface area (Å²) in [5, 5.41) is 8.93. The quantitative estimate of drug-likeness (QED) is 0.157. The van der Waals surface area contributed by atoms with Crippen LogP contribution in [0.3, 0.4) is 0 Å². The average Bonchev–Trinajstić information content (AvgIpc) is 2.91. The van der Waals surface area contributed by atoms with Gasteiger partial charge in [-0.3, -0.25) is 4.57 Å². The SMILES string of the molecule is CCOP(=O)(Cc1ccc(CNS(=O)(=O)c2ccc(Oc3c(F)cc(C=C(C)C(=O)O)cc3F)cc2)cc1)OCC. The summed E-state index contributed by atoms with van der Waals surface area (Å²) in [5.41, 5.74) is 1.27. The summed E-state index contributed by atoms with van der Waals surface area (Å²) >= 11 is 0. The molecule has 0 aliphatic rings. The molecule has 0 aliphatic heterocycles. The Morgan fingerprint density at radius 1 is 0.951 bits per heavy atom. The Labute approximate surface area is 237 Å². The topological polar surface area (TPSA) is 128 Å². The minimum absolute atomic E-state index is 0.00502. The summed E-state index contributed by atoms with van der Waals surface area (Å²) in [7, 11) is -7.20. The standard InChI is InChI=1S/C28H30F2NO8PS/c1-4-37-40(34,38-5-2)18-21-8-6-20(7-9-21)17-31-41(35,36)24-12-10-23(11-13-24)39-27-25(29)15-22(16-26(27)30)14-19(3)28(32)33/h6-16,31H,4-5,17-18H2,1-3H3,(H,32,33). The van der Waals surface area contributed by atoms with Gasteiger partial charge in [0.1, 0.15) is 5.75 Å². The lowest BCUT2D eigenvalue weighted by Crippen LogP contribution is -2.23. The molecule has 41 heavy (non-hydrogen) atoms. The summed E-state index contributed by atoms with van der Waals surface area (Å²) in [6.07, 6.45) is 1.21. The normalized spacial score (nSPS) is 12.4. The van der Waals surface area contributed by atoms with Crippen LogP contribution in [-0.2, 0) is 41.1 Å². The highest BCUT2D eigenvalue weighted by molar-refractivity contribution is 7.89. The largest absolute Gasteiger partial charge is 0.478 e. The molecule has 3 aromatic rings. The van der Waals surface area contributed by atoms with Crippen molar-refractivity contribution in [3.05, 3.63) is 94.6 Å². The van der Waals surface area contributed by atoms with Crippen LogP contribution in [0.2, 0.25) is 0 Å². The zero-order valence-electron chi connectivity index (χ0n) is 22.6. The van der Waals surface area contributed by atoms with Gasteiger partial charge in [0.25, 0.3) is 0 Å². The molecule has 0 saturated heterocycles. The van der Waals surface area contributed by atoms with Gasteiger partial charge in [-0.05, 0) is 79.9 Å². The number of hydrogen-bond donors (Lipinski definition) is 2. The van der Waals surface area contributed by atoms with E-state index in [2.05, 4.69) is 4.72 Å². The highest BCUT2D eigenvalue weighted by Crippen LogP contribution is 2.51. The first-order valence-electron chi connectivity index (χ1n) is 12.5. The zero-order valence-corrected chi connectivity index (χ0v) is 24.3. The number of rotatable bonds is 14. The van der Waals surface area contributed by atoms with Crippen LogP contribution in [0.4, 0.5) is 8.78 Å². The summed E-state index contributed by atoms with van der Waals surface area (Å²) in [4.78, 5) is 10.8. The molecular formula is C28H30F2NO8PS. The van der Waals surface area contributed by atoms with Crippen molar-refractivity contribution in [3.63, 3.8) is 0 Å². The van der Waals surface area contributed by atoms with E-state index in [1.165, 1.54) is 31.2 Å². The van der Waals surface area contributed by atoms with Crippen molar-refractivity contribution < 1.29 is 45.4 Å². The molecule has 0 bridgehead atoms. The predicted octanol–water partition coefficient (Wildman–Crippen LogP) is 6.49. The fourth-order valence-electron chi connectivity index (χ4n) is 3.65. The maximum atomic E-state index is 14.5. The Balaban J connectivity index is 1.64. The highest BCUT2D eigenvalue weighted by atomic mass is 32.2. The van der Waals surface area contributed by atoms with E-state index in [0.29, 0.717) is 11.1 Å². The lowest BCUT2D eigenvalue weighted by molar-refractivity contribution is -0.132. The fraction of sp³-hybridized carbons (Fsp3) is 0.250. The number of carboxylic acids is 1. The van der Waals surface area contributed by atoms with Gasteiger partial charge in [0.15, 0.2) is 17.4 Å². The third kappa shape index (κ3) is 9.04. The van der Waals surface area contributed by atoms with E-state index in [1.807, 2.05) is 0 Å². The van der Waals surface area contributed by atoms with E-state index in [4.69, 9.17) is 18.9 Å². The second kappa shape index (κ2) is 14.0. The summed E-state index contributed by atoms with van der Waals surface area (Å²) in [6.45, 7) is 5.22. The number of halogens is 2. The molecule has 9 nitrogen and oxygen atoms in total. The molecule has 0 radical (unpaired) electrons. The second-order valence-corrected chi connectivity index (χ2v) is 12.6. The predicted molar refractivity (Wildman–Crippen MR) is 149 cm³/mol. The molecule has 0 heterocycles. The van der Waals surface area contributed by atoms with Gasteiger partial charge in [-0.1, -0.05) is 24.3 Å². The monoisotopic (exact) mass is 609 g/mol. The van der Waals surface area contributed by atoms with Gasteiger partial charge < -0.3 is 18.9 Å². The van der Waals surface area contributed by atoms with Crippen molar-refractivity contribution in [2.75, 3.05) is 13.2 Å². The number of carboxylic acid groups (broad SMARTS) is 1.